The van der Waals surface area contributed by atoms with Crippen molar-refractivity contribution in [1.82, 2.24) is 5.32 Å². The van der Waals surface area contributed by atoms with Gasteiger partial charge in [0.05, 0.1) is 11.4 Å². The molecule has 4 N–H and O–H groups in total. The average molecular weight is 314 g/mol. The van der Waals surface area contributed by atoms with Gasteiger partial charge in [-0.3, -0.25) is 5.32 Å². The largest absolute Gasteiger partial charge is 0.453 e. The Hall–Kier alpha value is -2.08. The van der Waals surface area contributed by atoms with Crippen LogP contribution in [0.1, 0.15) is 25.3 Å². The normalized spacial score (nSPS) is 12.8. The highest BCUT2D eigenvalue weighted by molar-refractivity contribution is 5.77. The van der Waals surface area contributed by atoms with Crippen LogP contribution in [0.2, 0.25) is 0 Å². The molecule has 0 atom stereocenters. The van der Waals surface area contributed by atoms with Crippen LogP contribution in [0.5, 0.6) is 11.5 Å². The van der Waals surface area contributed by atoms with Gasteiger partial charge in [0.1, 0.15) is 0 Å². The fourth-order valence-corrected chi connectivity index (χ4v) is 2.69. The molecule has 2 aromatic rings. The fourth-order valence-electron chi connectivity index (χ4n) is 2.69. The molecule has 0 fully saturated rings. The van der Waals surface area contributed by atoms with E-state index in [-0.39, 0.29) is 0 Å². The van der Waals surface area contributed by atoms with Crippen LogP contribution in [0.3, 0.4) is 0 Å². The number of fused-ring (bicyclic) bond motifs is 2. The summed E-state index contributed by atoms with van der Waals surface area (Å²) in [6.45, 7) is 1.88. The molecule has 0 aliphatic carbocycles. The highest BCUT2D eigenvalue weighted by atomic mass is 16.5. The van der Waals surface area contributed by atoms with Crippen molar-refractivity contribution in [3.8, 4) is 11.5 Å². The van der Waals surface area contributed by atoms with E-state index in [4.69, 9.17) is 4.74 Å². The number of ether oxygens (including phenoxy) is 1. The van der Waals surface area contributed by atoms with Crippen molar-refractivity contribution in [1.29, 1.82) is 0 Å². The van der Waals surface area contributed by atoms with E-state index in [2.05, 4.69) is 16.7 Å². The molecular weight excluding hydrogens is 292 g/mol. The maximum absolute atomic E-state index is 9.20. The van der Waals surface area contributed by atoms with E-state index in [1.165, 1.54) is 12.5 Å². The van der Waals surface area contributed by atoms with Crippen LogP contribution in [0.25, 0.3) is 0 Å². The maximum atomic E-state index is 9.20. The number of nitrogens with one attached hydrogen (secondary N) is 2. The minimum Gasteiger partial charge on any atom is -0.453 e. The molecule has 0 saturated heterocycles. The molecule has 0 spiro atoms. The molecule has 1 heterocycles. The van der Waals surface area contributed by atoms with Gasteiger partial charge >= 0.3 is 0 Å². The van der Waals surface area contributed by atoms with E-state index >= 15 is 0 Å². The van der Waals surface area contributed by atoms with Gasteiger partial charge in [0, 0.05) is 13.5 Å². The van der Waals surface area contributed by atoms with Crippen molar-refractivity contribution in [3.63, 3.8) is 0 Å². The molecule has 0 amide bonds. The molecule has 5 nitrogen and oxygen atoms in total. The van der Waals surface area contributed by atoms with Crippen molar-refractivity contribution in [2.75, 3.05) is 11.9 Å². The van der Waals surface area contributed by atoms with Crippen molar-refractivity contribution in [3.05, 3.63) is 48.0 Å². The summed E-state index contributed by atoms with van der Waals surface area (Å²) in [5, 5.41) is 24.5. The van der Waals surface area contributed by atoms with Gasteiger partial charge in [0.15, 0.2) is 11.5 Å². The Morgan fingerprint density at radius 2 is 1.83 bits per heavy atom. The second-order valence-electron chi connectivity index (χ2n) is 5.92. The van der Waals surface area contributed by atoms with Crippen LogP contribution in [-0.2, 0) is 6.42 Å². The molecule has 23 heavy (non-hydrogen) atoms. The zero-order valence-electron chi connectivity index (χ0n) is 13.2. The third-order valence-electron chi connectivity index (χ3n) is 3.81. The first-order chi connectivity index (χ1) is 11.0. The highest BCUT2D eigenvalue weighted by Gasteiger charge is 2.18. The first kappa shape index (κ1) is 15.8. The maximum Gasteiger partial charge on any atom is 0.219 e. The van der Waals surface area contributed by atoms with Gasteiger partial charge in [-0.1, -0.05) is 24.3 Å². The summed E-state index contributed by atoms with van der Waals surface area (Å²) in [4.78, 5) is 0. The zero-order valence-corrected chi connectivity index (χ0v) is 13.2. The Bertz CT molecular complexity index is 680. The Labute approximate surface area is 135 Å². The molecule has 3 rings (SSSR count). The van der Waals surface area contributed by atoms with Crippen molar-refractivity contribution in [2.24, 2.45) is 0 Å². The average Bonchev–Trinajstić information content (AvgIpc) is 2.52. The molecule has 0 saturated carbocycles. The van der Waals surface area contributed by atoms with Crippen LogP contribution in [0.15, 0.2) is 42.5 Å². The van der Waals surface area contributed by atoms with Gasteiger partial charge in [-0.25, -0.2) is 0 Å². The summed E-state index contributed by atoms with van der Waals surface area (Å²) >= 11 is 0. The second kappa shape index (κ2) is 6.58. The third kappa shape index (κ3) is 4.01. The van der Waals surface area contributed by atoms with E-state index in [0.717, 1.165) is 42.1 Å². The highest BCUT2D eigenvalue weighted by Crippen LogP contribution is 2.43. The number of aliphatic hydroxyl groups is 2. The topological polar surface area (TPSA) is 73.8 Å². The SMILES string of the molecule is CC(O)(O)NCCCCc1cccc2c1Nc1ccccc1O2. The van der Waals surface area contributed by atoms with E-state index < -0.39 is 5.91 Å². The first-order valence-electron chi connectivity index (χ1n) is 7.88. The predicted octanol–water partition coefficient (Wildman–Crippen LogP) is 3.11. The quantitative estimate of drug-likeness (QED) is 0.415. The first-order valence-corrected chi connectivity index (χ1v) is 7.88. The number of rotatable bonds is 6. The van der Waals surface area contributed by atoms with Gasteiger partial charge in [-0.05, 0) is 43.0 Å². The van der Waals surface area contributed by atoms with Gasteiger partial charge in [-0.2, -0.15) is 0 Å². The van der Waals surface area contributed by atoms with Crippen LogP contribution in [0, 0.1) is 0 Å². The van der Waals surface area contributed by atoms with Crippen molar-refractivity contribution in [2.45, 2.75) is 32.1 Å². The lowest BCUT2D eigenvalue weighted by molar-refractivity contribution is -0.169. The number of hydrogen-bond acceptors (Lipinski definition) is 5. The van der Waals surface area contributed by atoms with E-state index in [0.29, 0.717) is 6.54 Å². The van der Waals surface area contributed by atoms with Crippen molar-refractivity contribution >= 4 is 11.4 Å². The lowest BCUT2D eigenvalue weighted by Gasteiger charge is -2.24. The van der Waals surface area contributed by atoms with Crippen LogP contribution in [-0.4, -0.2) is 22.7 Å². The summed E-state index contributed by atoms with van der Waals surface area (Å²) < 4.78 is 5.95. The molecule has 2 aromatic carbocycles. The summed E-state index contributed by atoms with van der Waals surface area (Å²) in [6, 6.07) is 14.0. The Balaban J connectivity index is 1.62. The monoisotopic (exact) mass is 314 g/mol. The molecule has 0 unspecified atom stereocenters. The molecule has 0 aromatic heterocycles. The molecule has 122 valence electrons. The van der Waals surface area contributed by atoms with E-state index in [1.807, 2.05) is 36.4 Å². The van der Waals surface area contributed by atoms with E-state index in [9.17, 15) is 10.2 Å². The number of unbranched alkanes of at least 4 members (excludes halogenated alkanes) is 1. The summed E-state index contributed by atoms with van der Waals surface area (Å²) in [5.74, 6) is -0.116. The lowest BCUT2D eigenvalue weighted by atomic mass is 10.0. The van der Waals surface area contributed by atoms with Gasteiger partial charge in [-0.15, -0.1) is 0 Å². The summed E-state index contributed by atoms with van der Waals surface area (Å²) in [6.07, 6.45) is 2.71. The third-order valence-corrected chi connectivity index (χ3v) is 3.81. The van der Waals surface area contributed by atoms with Gasteiger partial charge < -0.3 is 20.3 Å². The standard InChI is InChI=1S/C18H22N2O3/c1-18(21,22)19-12-5-4-7-13-8-6-11-16-17(13)20-14-9-2-3-10-15(14)23-16/h2-3,6,8-11,19-22H,4-5,7,12H2,1H3. The number of hydrogen-bond donors (Lipinski definition) is 4. The lowest BCUT2D eigenvalue weighted by Crippen LogP contribution is -2.42. The minimum atomic E-state index is -1.80. The van der Waals surface area contributed by atoms with Gasteiger partial charge in [0.2, 0.25) is 5.91 Å². The molecule has 0 bridgehead atoms. The second-order valence-corrected chi connectivity index (χ2v) is 5.92. The Morgan fingerprint density at radius 1 is 1.04 bits per heavy atom. The molecule has 1 aliphatic heterocycles. The van der Waals surface area contributed by atoms with Crippen LogP contribution >= 0.6 is 0 Å². The smallest absolute Gasteiger partial charge is 0.219 e. The molecular formula is C18H22N2O3. The Kier molecular flexibility index (Phi) is 4.52. The van der Waals surface area contributed by atoms with E-state index in [1.54, 1.807) is 0 Å². The van der Waals surface area contributed by atoms with Crippen LogP contribution in [0.4, 0.5) is 11.4 Å². The summed E-state index contributed by atoms with van der Waals surface area (Å²) in [5.41, 5.74) is 3.20. The predicted molar refractivity (Wildman–Crippen MR) is 90.0 cm³/mol. The van der Waals surface area contributed by atoms with Gasteiger partial charge in [0.25, 0.3) is 0 Å². The summed E-state index contributed by atoms with van der Waals surface area (Å²) in [7, 11) is 0. The minimum absolute atomic E-state index is 0.561. The zero-order chi connectivity index (χ0) is 16.3. The molecule has 5 heteroatoms. The number of anilines is 2. The number of benzene rings is 2. The van der Waals surface area contributed by atoms with Crippen LogP contribution < -0.4 is 15.4 Å². The molecule has 0 radical (unpaired) electrons. The number of para-hydroxylation sites is 3. The van der Waals surface area contributed by atoms with Crippen molar-refractivity contribution < 1.29 is 14.9 Å². The fraction of sp³-hybridized carbons (Fsp3) is 0.333. The molecule has 1 aliphatic rings. The number of aryl methyl sites for hydroxylation is 1. The Morgan fingerprint density at radius 3 is 2.65 bits per heavy atom.